The molecule has 1 amide bonds. The van der Waals surface area contributed by atoms with E-state index in [1.54, 1.807) is 4.90 Å². The summed E-state index contributed by atoms with van der Waals surface area (Å²) in [5.74, 6) is 0. The third-order valence-electron chi connectivity index (χ3n) is 3.53. The van der Waals surface area contributed by atoms with Crippen LogP contribution in [0.25, 0.3) is 0 Å². The first-order valence-corrected chi connectivity index (χ1v) is 8.63. The van der Waals surface area contributed by atoms with E-state index >= 15 is 0 Å². The summed E-state index contributed by atoms with van der Waals surface area (Å²) < 4.78 is 5.48. The molecule has 1 N–H and O–H groups in total. The quantitative estimate of drug-likeness (QED) is 0.773. The molecule has 0 bridgehead atoms. The number of carbonyl (C=O) groups is 1. The van der Waals surface area contributed by atoms with Gasteiger partial charge in [0, 0.05) is 25.7 Å². The number of nitrogens with zero attached hydrogens (tertiary/aromatic N) is 1. The SMILES string of the molecule is CCCN(CCNC(CC)c1ccccc1)C(=O)OC(C)(C)C. The third-order valence-corrected chi connectivity index (χ3v) is 3.53. The zero-order chi connectivity index (χ0) is 17.3. The molecule has 0 heterocycles. The van der Waals surface area contributed by atoms with Crippen molar-refractivity contribution in [3.05, 3.63) is 35.9 Å². The first kappa shape index (κ1) is 19.5. The van der Waals surface area contributed by atoms with E-state index in [1.165, 1.54) is 5.56 Å². The number of nitrogens with one attached hydrogen (secondary N) is 1. The minimum atomic E-state index is -0.452. The third kappa shape index (κ3) is 7.51. The van der Waals surface area contributed by atoms with Crippen LogP contribution in [-0.2, 0) is 4.74 Å². The Morgan fingerprint density at radius 2 is 1.83 bits per heavy atom. The van der Waals surface area contributed by atoms with Crippen molar-refractivity contribution in [1.82, 2.24) is 10.2 Å². The van der Waals surface area contributed by atoms with E-state index in [0.29, 0.717) is 12.6 Å². The van der Waals surface area contributed by atoms with E-state index < -0.39 is 5.60 Å². The van der Waals surface area contributed by atoms with Crippen LogP contribution in [-0.4, -0.2) is 36.2 Å². The monoisotopic (exact) mass is 320 g/mol. The molecule has 1 aromatic rings. The van der Waals surface area contributed by atoms with E-state index in [9.17, 15) is 4.79 Å². The topological polar surface area (TPSA) is 41.6 Å². The number of benzene rings is 1. The van der Waals surface area contributed by atoms with Crippen LogP contribution >= 0.6 is 0 Å². The molecule has 0 radical (unpaired) electrons. The molecular formula is C19H32N2O2. The molecule has 1 aromatic carbocycles. The van der Waals surface area contributed by atoms with E-state index in [4.69, 9.17) is 4.74 Å². The van der Waals surface area contributed by atoms with Gasteiger partial charge in [0.15, 0.2) is 0 Å². The van der Waals surface area contributed by atoms with Crippen molar-refractivity contribution in [2.45, 2.75) is 59.1 Å². The van der Waals surface area contributed by atoms with E-state index in [1.807, 2.05) is 26.8 Å². The molecule has 1 unspecified atom stereocenters. The van der Waals surface area contributed by atoms with Crippen molar-refractivity contribution in [1.29, 1.82) is 0 Å². The molecule has 0 aliphatic heterocycles. The molecule has 23 heavy (non-hydrogen) atoms. The number of amides is 1. The van der Waals surface area contributed by atoms with Crippen molar-refractivity contribution >= 4 is 6.09 Å². The number of carbonyl (C=O) groups excluding carboxylic acids is 1. The molecule has 0 spiro atoms. The summed E-state index contributed by atoms with van der Waals surface area (Å²) in [6.07, 6.45) is 1.72. The highest BCUT2D eigenvalue weighted by Crippen LogP contribution is 2.15. The molecule has 1 atom stereocenters. The van der Waals surface area contributed by atoms with Crippen LogP contribution < -0.4 is 5.32 Å². The Kier molecular flexibility index (Phi) is 8.10. The number of hydrogen-bond donors (Lipinski definition) is 1. The van der Waals surface area contributed by atoms with Gasteiger partial charge in [-0.1, -0.05) is 44.2 Å². The van der Waals surface area contributed by atoms with Crippen LogP contribution in [0, 0.1) is 0 Å². The lowest BCUT2D eigenvalue weighted by atomic mass is 10.0. The van der Waals surface area contributed by atoms with Gasteiger partial charge in [-0.3, -0.25) is 0 Å². The first-order valence-electron chi connectivity index (χ1n) is 8.63. The summed E-state index contributed by atoms with van der Waals surface area (Å²) in [5, 5.41) is 3.54. The van der Waals surface area contributed by atoms with Crippen molar-refractivity contribution < 1.29 is 9.53 Å². The van der Waals surface area contributed by atoms with Crippen molar-refractivity contribution in [3.63, 3.8) is 0 Å². The minimum absolute atomic E-state index is 0.228. The van der Waals surface area contributed by atoms with E-state index in [2.05, 4.69) is 43.4 Å². The molecule has 4 nitrogen and oxygen atoms in total. The maximum Gasteiger partial charge on any atom is 0.410 e. The Morgan fingerprint density at radius 3 is 2.35 bits per heavy atom. The predicted molar refractivity (Wildman–Crippen MR) is 95.6 cm³/mol. The Bertz CT molecular complexity index is 454. The molecular weight excluding hydrogens is 288 g/mol. The second-order valence-corrected chi connectivity index (χ2v) is 6.79. The summed E-state index contributed by atoms with van der Waals surface area (Å²) in [4.78, 5) is 14.0. The van der Waals surface area contributed by atoms with Crippen molar-refractivity contribution in [2.75, 3.05) is 19.6 Å². The highest BCUT2D eigenvalue weighted by Gasteiger charge is 2.21. The first-order chi connectivity index (χ1) is 10.9. The summed E-state index contributed by atoms with van der Waals surface area (Å²) in [5.41, 5.74) is 0.835. The van der Waals surface area contributed by atoms with Gasteiger partial charge in [0.2, 0.25) is 0 Å². The highest BCUT2D eigenvalue weighted by atomic mass is 16.6. The summed E-state index contributed by atoms with van der Waals surface area (Å²) in [7, 11) is 0. The van der Waals surface area contributed by atoms with E-state index in [-0.39, 0.29) is 6.09 Å². The van der Waals surface area contributed by atoms with Crippen molar-refractivity contribution in [2.24, 2.45) is 0 Å². The van der Waals surface area contributed by atoms with Gasteiger partial charge >= 0.3 is 6.09 Å². The molecule has 0 aliphatic carbocycles. The minimum Gasteiger partial charge on any atom is -0.444 e. The largest absolute Gasteiger partial charge is 0.444 e. The summed E-state index contributed by atoms with van der Waals surface area (Å²) in [6, 6.07) is 10.7. The van der Waals surface area contributed by atoms with Gasteiger partial charge in [-0.2, -0.15) is 0 Å². The normalized spacial score (nSPS) is 12.7. The number of hydrogen-bond acceptors (Lipinski definition) is 3. The van der Waals surface area contributed by atoms with Gasteiger partial charge < -0.3 is 15.0 Å². The fourth-order valence-corrected chi connectivity index (χ4v) is 2.45. The second kappa shape index (κ2) is 9.56. The maximum absolute atomic E-state index is 12.2. The van der Waals surface area contributed by atoms with Crippen LogP contribution in [0.5, 0.6) is 0 Å². The molecule has 0 aromatic heterocycles. The van der Waals surface area contributed by atoms with Crippen LogP contribution in [0.15, 0.2) is 30.3 Å². The molecule has 0 fully saturated rings. The fourth-order valence-electron chi connectivity index (χ4n) is 2.45. The number of ether oxygens (including phenoxy) is 1. The molecule has 1 rings (SSSR count). The molecule has 0 aliphatic rings. The predicted octanol–water partition coefficient (Wildman–Crippen LogP) is 4.37. The average molecular weight is 320 g/mol. The van der Waals surface area contributed by atoms with Gasteiger partial charge in [0.1, 0.15) is 5.60 Å². The Labute approximate surface area is 141 Å². The Hall–Kier alpha value is -1.55. The second-order valence-electron chi connectivity index (χ2n) is 6.79. The van der Waals surface area contributed by atoms with Crippen LogP contribution in [0.2, 0.25) is 0 Å². The van der Waals surface area contributed by atoms with Crippen LogP contribution in [0.3, 0.4) is 0 Å². The van der Waals surface area contributed by atoms with Gasteiger partial charge in [0.05, 0.1) is 0 Å². The van der Waals surface area contributed by atoms with Gasteiger partial charge in [-0.15, -0.1) is 0 Å². The van der Waals surface area contributed by atoms with Crippen molar-refractivity contribution in [3.8, 4) is 0 Å². The lowest BCUT2D eigenvalue weighted by Crippen LogP contribution is -2.41. The van der Waals surface area contributed by atoms with Crippen LogP contribution in [0.1, 0.15) is 59.1 Å². The fraction of sp³-hybridized carbons (Fsp3) is 0.632. The lowest BCUT2D eigenvalue weighted by molar-refractivity contribution is 0.0250. The van der Waals surface area contributed by atoms with E-state index in [0.717, 1.165) is 25.9 Å². The summed E-state index contributed by atoms with van der Waals surface area (Å²) >= 11 is 0. The smallest absolute Gasteiger partial charge is 0.410 e. The molecule has 0 saturated heterocycles. The standard InChI is InChI=1S/C19H32N2O2/c1-6-14-21(18(22)23-19(3,4)5)15-13-20-17(7-2)16-11-9-8-10-12-16/h8-12,17,20H,6-7,13-15H2,1-5H3. The Balaban J connectivity index is 2.53. The molecule has 4 heteroatoms. The van der Waals surface area contributed by atoms with Gasteiger partial charge in [0.25, 0.3) is 0 Å². The molecule has 0 saturated carbocycles. The Morgan fingerprint density at radius 1 is 1.17 bits per heavy atom. The zero-order valence-electron chi connectivity index (χ0n) is 15.3. The molecule has 130 valence electrons. The zero-order valence-corrected chi connectivity index (χ0v) is 15.3. The number of rotatable bonds is 8. The highest BCUT2D eigenvalue weighted by molar-refractivity contribution is 5.68. The maximum atomic E-state index is 12.2. The van der Waals surface area contributed by atoms with Gasteiger partial charge in [-0.05, 0) is 39.2 Å². The average Bonchev–Trinajstić information content (AvgIpc) is 2.49. The lowest BCUT2D eigenvalue weighted by Gasteiger charge is -2.28. The van der Waals surface area contributed by atoms with Crippen LogP contribution in [0.4, 0.5) is 4.79 Å². The summed E-state index contributed by atoms with van der Waals surface area (Å²) in [6.45, 7) is 12.1. The van der Waals surface area contributed by atoms with Gasteiger partial charge in [-0.25, -0.2) is 4.79 Å².